The zero-order valence-corrected chi connectivity index (χ0v) is 20.0. The van der Waals surface area contributed by atoms with Crippen LogP contribution in [0.15, 0.2) is 72.8 Å². The van der Waals surface area contributed by atoms with Crippen LogP contribution < -0.4 is 4.90 Å². The van der Waals surface area contributed by atoms with Gasteiger partial charge in [-0.3, -0.25) is 9.69 Å². The van der Waals surface area contributed by atoms with Crippen LogP contribution >= 0.6 is 32.9 Å². The molecule has 0 aliphatic carbocycles. The van der Waals surface area contributed by atoms with E-state index in [0.29, 0.717) is 5.56 Å². The van der Waals surface area contributed by atoms with Crippen molar-refractivity contribution in [1.82, 2.24) is 0 Å². The summed E-state index contributed by atoms with van der Waals surface area (Å²) in [7, 11) is 3.31. The zero-order chi connectivity index (χ0) is 21.8. The first kappa shape index (κ1) is 20.3. The number of nitrogens with zero attached hydrogens (tertiary/aromatic N) is 1. The average molecular weight is 460 g/mol. The Labute approximate surface area is 194 Å². The Hall–Kier alpha value is -2.60. The molecule has 1 aliphatic heterocycles. The van der Waals surface area contributed by atoms with E-state index >= 15 is 0 Å². The van der Waals surface area contributed by atoms with Crippen LogP contribution in [0.5, 0.6) is 0 Å². The molecule has 0 saturated carbocycles. The van der Waals surface area contributed by atoms with E-state index in [1.54, 1.807) is 20.7 Å². The van der Waals surface area contributed by atoms with Gasteiger partial charge in [0.1, 0.15) is 3.82 Å². The maximum atomic E-state index is 13.9. The minimum atomic E-state index is -0.484. The van der Waals surface area contributed by atoms with Gasteiger partial charge in [-0.15, -0.1) is 0 Å². The molecule has 2 nitrogen and oxygen atoms in total. The summed E-state index contributed by atoms with van der Waals surface area (Å²) in [5.74, 6) is 0.00938. The van der Waals surface area contributed by atoms with Gasteiger partial charge in [-0.2, -0.15) is 0 Å². The van der Waals surface area contributed by atoms with Crippen molar-refractivity contribution >= 4 is 44.5 Å². The van der Waals surface area contributed by atoms with Crippen molar-refractivity contribution in [1.29, 1.82) is 0 Å². The molecule has 0 saturated heterocycles. The number of hydrogen-bond donors (Lipinski definition) is 0. The van der Waals surface area contributed by atoms with Gasteiger partial charge in [0.15, 0.2) is 0 Å². The number of carbonyl (C=O) groups is 1. The molecule has 0 N–H and O–H groups in total. The molecule has 2 heterocycles. The number of rotatable bonds is 2. The van der Waals surface area contributed by atoms with E-state index in [2.05, 4.69) is 45.0 Å². The largest absolute Gasteiger partial charge is 0.297 e. The summed E-state index contributed by atoms with van der Waals surface area (Å²) in [4.78, 5) is 17.0. The van der Waals surface area contributed by atoms with Crippen molar-refractivity contribution in [3.8, 4) is 22.3 Å². The molecule has 0 atom stereocenters. The summed E-state index contributed by atoms with van der Waals surface area (Å²) in [6.45, 7) is 6.31. The highest BCUT2D eigenvalue weighted by Crippen LogP contribution is 2.53. The summed E-state index contributed by atoms with van der Waals surface area (Å²) in [5.41, 5.74) is 6.67. The van der Waals surface area contributed by atoms with Crippen LogP contribution in [0.2, 0.25) is 0 Å². The second-order valence-electron chi connectivity index (χ2n) is 8.27. The fourth-order valence-corrected chi connectivity index (χ4v) is 7.64. The number of aryl methyl sites for hydroxylation is 1. The third-order valence-corrected chi connectivity index (χ3v) is 9.25. The monoisotopic (exact) mass is 459 g/mol. The van der Waals surface area contributed by atoms with E-state index in [9.17, 15) is 4.79 Å². The molecule has 0 spiro atoms. The van der Waals surface area contributed by atoms with Gasteiger partial charge in [0.25, 0.3) is 5.91 Å². The summed E-state index contributed by atoms with van der Waals surface area (Å²) in [6.07, 6.45) is 0. The predicted octanol–water partition coefficient (Wildman–Crippen LogP) is 8.08. The van der Waals surface area contributed by atoms with E-state index < -0.39 is 5.54 Å². The topological polar surface area (TPSA) is 20.3 Å². The molecule has 0 unspecified atom stereocenters. The molecule has 5 rings (SSSR count). The van der Waals surface area contributed by atoms with Crippen LogP contribution in [-0.2, 0) is 5.54 Å². The summed E-state index contributed by atoms with van der Waals surface area (Å²) < 4.78 is 0.902. The summed E-state index contributed by atoms with van der Waals surface area (Å²) in [5, 5.41) is 0. The number of anilines is 1. The Balaban J connectivity index is 1.63. The van der Waals surface area contributed by atoms with Crippen molar-refractivity contribution in [3.63, 3.8) is 0 Å². The molecule has 0 radical (unpaired) electrons. The number of benzene rings is 3. The van der Waals surface area contributed by atoms with Crippen molar-refractivity contribution in [3.05, 3.63) is 92.6 Å². The van der Waals surface area contributed by atoms with Crippen LogP contribution in [0.1, 0.15) is 34.6 Å². The quantitative estimate of drug-likeness (QED) is 0.223. The molecule has 1 aromatic heterocycles. The SMILES string of the molecule is Cc1cccc2c1N(C(=O)c1ccc(-c3ccccc3)cc1)C(C)(C)c1ssc(=S)c1-2. The molecule has 3 aromatic carbocycles. The highest BCUT2D eigenvalue weighted by atomic mass is 32.9. The maximum absolute atomic E-state index is 13.9. The van der Waals surface area contributed by atoms with Gasteiger partial charge in [-0.05, 0) is 49.6 Å². The van der Waals surface area contributed by atoms with Crippen LogP contribution in [0.4, 0.5) is 5.69 Å². The smallest absolute Gasteiger partial charge is 0.259 e. The predicted molar refractivity (Wildman–Crippen MR) is 135 cm³/mol. The third kappa shape index (κ3) is 3.19. The van der Waals surface area contributed by atoms with Gasteiger partial charge in [0.05, 0.1) is 16.1 Å². The van der Waals surface area contributed by atoms with Crippen molar-refractivity contribution < 1.29 is 4.79 Å². The second-order valence-corrected chi connectivity index (χ2v) is 11.1. The Kier molecular flexibility index (Phi) is 4.93. The first-order valence-electron chi connectivity index (χ1n) is 10.1. The Morgan fingerprint density at radius 3 is 2.26 bits per heavy atom. The van der Waals surface area contributed by atoms with Gasteiger partial charge in [0, 0.05) is 16.7 Å². The van der Waals surface area contributed by atoms with E-state index in [4.69, 9.17) is 12.2 Å². The number of amides is 1. The normalized spacial score (nSPS) is 14.1. The van der Waals surface area contributed by atoms with E-state index in [-0.39, 0.29) is 5.91 Å². The van der Waals surface area contributed by atoms with Crippen LogP contribution in [0, 0.1) is 10.7 Å². The Morgan fingerprint density at radius 2 is 1.55 bits per heavy atom. The highest BCUT2D eigenvalue weighted by molar-refractivity contribution is 7.80. The van der Waals surface area contributed by atoms with Crippen molar-refractivity contribution in [2.75, 3.05) is 4.90 Å². The lowest BCUT2D eigenvalue weighted by Gasteiger charge is -2.43. The minimum absolute atomic E-state index is 0.00938. The van der Waals surface area contributed by atoms with Gasteiger partial charge >= 0.3 is 0 Å². The summed E-state index contributed by atoms with van der Waals surface area (Å²) in [6, 6.07) is 24.3. The number of hydrogen-bond acceptors (Lipinski definition) is 4. The number of fused-ring (bicyclic) bond motifs is 3. The second kappa shape index (κ2) is 7.52. The Morgan fingerprint density at radius 1 is 0.871 bits per heavy atom. The van der Waals surface area contributed by atoms with Crippen LogP contribution in [-0.4, -0.2) is 5.91 Å². The molecule has 1 amide bonds. The molecule has 4 aromatic rings. The van der Waals surface area contributed by atoms with Gasteiger partial charge in [-0.1, -0.05) is 93.6 Å². The molecule has 1 aliphatic rings. The Bertz CT molecular complexity index is 1350. The number of para-hydroxylation sites is 1. The van der Waals surface area contributed by atoms with Gasteiger partial charge in [-0.25, -0.2) is 0 Å². The highest BCUT2D eigenvalue weighted by Gasteiger charge is 2.43. The van der Waals surface area contributed by atoms with Crippen molar-refractivity contribution in [2.24, 2.45) is 0 Å². The molecule has 0 bridgehead atoms. The first-order valence-corrected chi connectivity index (χ1v) is 12.7. The van der Waals surface area contributed by atoms with E-state index in [1.807, 2.05) is 53.4 Å². The third-order valence-electron chi connectivity index (χ3n) is 5.92. The molecular weight excluding hydrogens is 438 g/mol. The lowest BCUT2D eigenvalue weighted by Crippen LogP contribution is -2.48. The zero-order valence-electron chi connectivity index (χ0n) is 17.5. The lowest BCUT2D eigenvalue weighted by molar-refractivity contribution is 0.0961. The number of carbonyl (C=O) groups excluding carboxylic acids is 1. The molecule has 0 fully saturated rings. The van der Waals surface area contributed by atoms with Crippen LogP contribution in [0.3, 0.4) is 0 Å². The van der Waals surface area contributed by atoms with Gasteiger partial charge in [0.2, 0.25) is 0 Å². The maximum Gasteiger partial charge on any atom is 0.259 e. The molecule has 154 valence electrons. The molecule has 31 heavy (non-hydrogen) atoms. The fraction of sp³-hybridized carbons (Fsp3) is 0.154. The standard InChI is InChI=1S/C26H21NOS3/c1-16-8-7-11-20-21-23(30-31-25(21)29)26(2,3)27(22(16)20)24(28)19-14-12-18(13-15-19)17-9-5-4-6-10-17/h4-15H,1-3H3. The van der Waals surface area contributed by atoms with Gasteiger partial charge < -0.3 is 0 Å². The van der Waals surface area contributed by atoms with E-state index in [1.165, 1.54) is 0 Å². The van der Waals surface area contributed by atoms with Crippen LogP contribution in [0.25, 0.3) is 22.3 Å². The average Bonchev–Trinajstić information content (AvgIpc) is 3.18. The fourth-order valence-electron chi connectivity index (χ4n) is 4.35. The molecular formula is C26H21NOS3. The summed E-state index contributed by atoms with van der Waals surface area (Å²) >= 11 is 5.68. The van der Waals surface area contributed by atoms with E-state index in [0.717, 1.165) is 42.2 Å². The van der Waals surface area contributed by atoms with Crippen molar-refractivity contribution in [2.45, 2.75) is 26.3 Å². The lowest BCUT2D eigenvalue weighted by atomic mass is 9.85. The minimum Gasteiger partial charge on any atom is -0.297 e. The first-order chi connectivity index (χ1) is 14.9. The molecule has 5 heteroatoms.